The van der Waals surface area contributed by atoms with Crippen molar-refractivity contribution in [3.63, 3.8) is 0 Å². The van der Waals surface area contributed by atoms with Crippen molar-refractivity contribution in [3.8, 4) is 0 Å². The van der Waals surface area contributed by atoms with Crippen molar-refractivity contribution in [1.29, 1.82) is 0 Å². The fourth-order valence-corrected chi connectivity index (χ4v) is 2.11. The summed E-state index contributed by atoms with van der Waals surface area (Å²) in [4.78, 5) is 11.2. The zero-order valence-corrected chi connectivity index (χ0v) is 12.2. The number of nitrogens with one attached hydrogen (secondary N) is 1. The summed E-state index contributed by atoms with van der Waals surface area (Å²) < 4.78 is 5.70. The molecule has 1 atom stereocenters. The molecule has 1 rings (SSSR count). The molecular weight excluding hydrogens is 298 g/mol. The number of carbonyl (C=O) groups excluding carboxylic acids is 1. The second kappa shape index (κ2) is 7.38. The molecule has 0 aliphatic rings. The van der Waals surface area contributed by atoms with Gasteiger partial charge in [0.2, 0.25) is 0 Å². The molecule has 0 heterocycles. The Morgan fingerprint density at radius 1 is 1.56 bits per heavy atom. The first kappa shape index (κ1) is 15.0. The van der Waals surface area contributed by atoms with Crippen LogP contribution in [-0.2, 0) is 9.53 Å². The first-order valence-corrected chi connectivity index (χ1v) is 6.66. The SMILES string of the molecule is CCOC(=O)CC(O)CNc1ccc(C)cc1Br. The minimum Gasteiger partial charge on any atom is -0.466 e. The highest BCUT2D eigenvalue weighted by atomic mass is 79.9. The summed E-state index contributed by atoms with van der Waals surface area (Å²) in [6.07, 6.45) is -0.748. The second-order valence-electron chi connectivity index (χ2n) is 4.03. The smallest absolute Gasteiger partial charge is 0.308 e. The molecule has 4 nitrogen and oxygen atoms in total. The number of halogens is 1. The van der Waals surface area contributed by atoms with Crippen LogP contribution < -0.4 is 5.32 Å². The van der Waals surface area contributed by atoms with Crippen LogP contribution in [0.3, 0.4) is 0 Å². The van der Waals surface area contributed by atoms with Crippen molar-refractivity contribution < 1.29 is 14.6 Å². The number of rotatable bonds is 6. The molecule has 0 fully saturated rings. The Morgan fingerprint density at radius 2 is 2.28 bits per heavy atom. The fraction of sp³-hybridized carbons (Fsp3) is 0.462. The summed E-state index contributed by atoms with van der Waals surface area (Å²) >= 11 is 3.44. The minimum atomic E-state index is -0.753. The lowest BCUT2D eigenvalue weighted by atomic mass is 10.2. The summed E-state index contributed by atoms with van der Waals surface area (Å²) in [6, 6.07) is 5.89. The van der Waals surface area contributed by atoms with E-state index in [1.807, 2.05) is 25.1 Å². The van der Waals surface area contributed by atoms with E-state index in [0.717, 1.165) is 15.7 Å². The Balaban J connectivity index is 2.42. The number of hydrogen-bond donors (Lipinski definition) is 2. The van der Waals surface area contributed by atoms with Gasteiger partial charge in [-0.05, 0) is 47.5 Å². The molecule has 0 radical (unpaired) electrons. The largest absolute Gasteiger partial charge is 0.466 e. The zero-order chi connectivity index (χ0) is 13.5. The van der Waals surface area contributed by atoms with Gasteiger partial charge in [-0.25, -0.2) is 0 Å². The maximum Gasteiger partial charge on any atom is 0.308 e. The van der Waals surface area contributed by atoms with Gasteiger partial charge in [0.05, 0.1) is 19.1 Å². The maximum absolute atomic E-state index is 11.2. The van der Waals surface area contributed by atoms with Crippen LogP contribution in [0.1, 0.15) is 18.9 Å². The fourth-order valence-electron chi connectivity index (χ4n) is 1.48. The van der Waals surface area contributed by atoms with Gasteiger partial charge in [-0.2, -0.15) is 0 Å². The van der Waals surface area contributed by atoms with Crippen molar-refractivity contribution in [2.24, 2.45) is 0 Å². The summed E-state index contributed by atoms with van der Waals surface area (Å²) in [6.45, 7) is 4.39. The van der Waals surface area contributed by atoms with E-state index >= 15 is 0 Å². The third-order valence-corrected chi connectivity index (χ3v) is 3.02. The normalized spacial score (nSPS) is 12.0. The molecule has 0 aliphatic carbocycles. The highest BCUT2D eigenvalue weighted by Gasteiger charge is 2.11. The molecule has 100 valence electrons. The van der Waals surface area contributed by atoms with Crippen molar-refractivity contribution in [2.75, 3.05) is 18.5 Å². The van der Waals surface area contributed by atoms with Crippen molar-refractivity contribution in [3.05, 3.63) is 28.2 Å². The molecule has 1 unspecified atom stereocenters. The van der Waals surface area contributed by atoms with Crippen molar-refractivity contribution in [2.45, 2.75) is 26.4 Å². The average Bonchev–Trinajstić information content (AvgIpc) is 2.28. The summed E-state index contributed by atoms with van der Waals surface area (Å²) in [5.41, 5.74) is 2.04. The van der Waals surface area contributed by atoms with E-state index in [0.29, 0.717) is 13.2 Å². The van der Waals surface area contributed by atoms with Gasteiger partial charge in [-0.15, -0.1) is 0 Å². The van der Waals surface area contributed by atoms with Gasteiger partial charge in [0, 0.05) is 16.7 Å². The average molecular weight is 316 g/mol. The Labute approximate surface area is 115 Å². The van der Waals surface area contributed by atoms with Crippen molar-refractivity contribution in [1.82, 2.24) is 0 Å². The highest BCUT2D eigenvalue weighted by molar-refractivity contribution is 9.10. The summed E-state index contributed by atoms with van der Waals surface area (Å²) in [5.74, 6) is -0.380. The van der Waals surface area contributed by atoms with Crippen LogP contribution in [0.15, 0.2) is 22.7 Å². The Morgan fingerprint density at radius 3 is 2.89 bits per heavy atom. The maximum atomic E-state index is 11.2. The molecule has 1 aromatic carbocycles. The number of aliphatic hydroxyl groups is 1. The number of carbonyl (C=O) groups is 1. The molecule has 0 bridgehead atoms. The number of benzene rings is 1. The minimum absolute atomic E-state index is 0.00429. The molecule has 0 amide bonds. The van der Waals surface area contributed by atoms with E-state index in [4.69, 9.17) is 4.74 Å². The highest BCUT2D eigenvalue weighted by Crippen LogP contribution is 2.23. The molecule has 0 saturated carbocycles. The Bertz CT molecular complexity index is 409. The van der Waals surface area contributed by atoms with Crippen LogP contribution in [0.4, 0.5) is 5.69 Å². The molecule has 18 heavy (non-hydrogen) atoms. The number of esters is 1. The van der Waals surface area contributed by atoms with Gasteiger partial charge in [-0.3, -0.25) is 4.79 Å². The summed E-state index contributed by atoms with van der Waals surface area (Å²) in [5, 5.41) is 12.8. The van der Waals surface area contributed by atoms with E-state index in [9.17, 15) is 9.90 Å². The monoisotopic (exact) mass is 315 g/mol. The first-order chi connectivity index (χ1) is 8.52. The zero-order valence-electron chi connectivity index (χ0n) is 10.6. The lowest BCUT2D eigenvalue weighted by Crippen LogP contribution is -2.24. The standard InChI is InChI=1S/C13H18BrNO3/c1-3-18-13(17)7-10(16)8-15-12-5-4-9(2)6-11(12)14/h4-6,10,15-16H,3,7-8H2,1-2H3. The van der Waals surface area contributed by atoms with Crippen LogP contribution >= 0.6 is 15.9 Å². The van der Waals surface area contributed by atoms with Crippen LogP contribution in [-0.4, -0.2) is 30.3 Å². The Hall–Kier alpha value is -1.07. The number of anilines is 1. The number of hydrogen-bond acceptors (Lipinski definition) is 4. The van der Waals surface area contributed by atoms with E-state index in [2.05, 4.69) is 21.2 Å². The van der Waals surface area contributed by atoms with Crippen LogP contribution in [0.2, 0.25) is 0 Å². The third kappa shape index (κ3) is 5.06. The van der Waals surface area contributed by atoms with Crippen LogP contribution in [0.5, 0.6) is 0 Å². The van der Waals surface area contributed by atoms with E-state index in [1.165, 1.54) is 0 Å². The van der Waals surface area contributed by atoms with Gasteiger partial charge in [0.15, 0.2) is 0 Å². The number of ether oxygens (including phenoxy) is 1. The van der Waals surface area contributed by atoms with Gasteiger partial charge < -0.3 is 15.2 Å². The molecule has 5 heteroatoms. The van der Waals surface area contributed by atoms with E-state index in [1.54, 1.807) is 6.92 Å². The predicted octanol–water partition coefficient (Wildman–Crippen LogP) is 2.48. The molecule has 0 aliphatic heterocycles. The van der Waals surface area contributed by atoms with Gasteiger partial charge in [0.25, 0.3) is 0 Å². The Kier molecular flexibility index (Phi) is 6.15. The van der Waals surface area contributed by atoms with E-state index < -0.39 is 6.10 Å². The topological polar surface area (TPSA) is 58.6 Å². The molecule has 2 N–H and O–H groups in total. The van der Waals surface area contributed by atoms with Gasteiger partial charge >= 0.3 is 5.97 Å². The molecule has 1 aromatic rings. The molecule has 0 saturated heterocycles. The number of aryl methyl sites for hydroxylation is 1. The van der Waals surface area contributed by atoms with Gasteiger partial charge in [0.1, 0.15) is 0 Å². The van der Waals surface area contributed by atoms with Crippen LogP contribution in [0, 0.1) is 6.92 Å². The lowest BCUT2D eigenvalue weighted by molar-refractivity contribution is -0.145. The second-order valence-corrected chi connectivity index (χ2v) is 4.88. The molecule has 0 aromatic heterocycles. The molecule has 0 spiro atoms. The quantitative estimate of drug-likeness (QED) is 0.792. The van der Waals surface area contributed by atoms with Crippen molar-refractivity contribution >= 4 is 27.6 Å². The number of aliphatic hydroxyl groups excluding tert-OH is 1. The third-order valence-electron chi connectivity index (χ3n) is 2.36. The van der Waals surface area contributed by atoms with Gasteiger partial charge in [-0.1, -0.05) is 6.07 Å². The van der Waals surface area contributed by atoms with Crippen LogP contribution in [0.25, 0.3) is 0 Å². The lowest BCUT2D eigenvalue weighted by Gasteiger charge is -2.13. The predicted molar refractivity (Wildman–Crippen MR) is 74.6 cm³/mol. The first-order valence-electron chi connectivity index (χ1n) is 5.86. The molecular formula is C13H18BrNO3. The summed E-state index contributed by atoms with van der Waals surface area (Å²) in [7, 11) is 0. The van der Waals surface area contributed by atoms with E-state index in [-0.39, 0.29) is 12.4 Å².